The molecule has 0 N–H and O–H groups in total. The molecule has 0 aliphatic carbocycles. The fraction of sp³-hybridized carbons (Fsp3) is 0. The zero-order valence-corrected chi connectivity index (χ0v) is 10.7. The molecule has 2 heterocycles. The standard InChI is InChI=1S/C17H12N2O/c20-17(6-5-13-7-9-18-10-8-13)15-11-14-3-1-2-4-16(14)19-12-15/h1-12H. The summed E-state index contributed by atoms with van der Waals surface area (Å²) in [6, 6.07) is 13.3. The molecule has 2 aromatic heterocycles. The number of hydrogen-bond acceptors (Lipinski definition) is 3. The molecule has 3 rings (SSSR count). The molecular formula is C17H12N2O. The summed E-state index contributed by atoms with van der Waals surface area (Å²) in [5.74, 6) is -0.0555. The van der Waals surface area contributed by atoms with Gasteiger partial charge in [0.05, 0.1) is 5.52 Å². The van der Waals surface area contributed by atoms with Gasteiger partial charge in [-0.15, -0.1) is 0 Å². The third-order valence-electron chi connectivity index (χ3n) is 3.01. The SMILES string of the molecule is O=C(C=Cc1ccncc1)c1cnc2ccccc2c1. The number of pyridine rings is 2. The maximum atomic E-state index is 12.1. The lowest BCUT2D eigenvalue weighted by atomic mass is 10.1. The van der Waals surface area contributed by atoms with Crippen LogP contribution in [-0.4, -0.2) is 15.8 Å². The van der Waals surface area contributed by atoms with Gasteiger partial charge in [-0.2, -0.15) is 0 Å². The normalized spacial score (nSPS) is 11.0. The minimum Gasteiger partial charge on any atom is -0.289 e. The van der Waals surface area contributed by atoms with Gasteiger partial charge in [0.15, 0.2) is 5.78 Å². The maximum Gasteiger partial charge on any atom is 0.187 e. The van der Waals surface area contributed by atoms with Crippen LogP contribution in [0.2, 0.25) is 0 Å². The van der Waals surface area contributed by atoms with Crippen LogP contribution in [0.15, 0.2) is 67.1 Å². The number of carbonyl (C=O) groups is 1. The van der Waals surface area contributed by atoms with Gasteiger partial charge >= 0.3 is 0 Å². The first kappa shape index (κ1) is 12.2. The van der Waals surface area contributed by atoms with E-state index in [9.17, 15) is 4.79 Å². The highest BCUT2D eigenvalue weighted by atomic mass is 16.1. The Balaban J connectivity index is 1.87. The van der Waals surface area contributed by atoms with E-state index in [1.54, 1.807) is 30.7 Å². The zero-order chi connectivity index (χ0) is 13.8. The van der Waals surface area contributed by atoms with Crippen molar-refractivity contribution in [3.05, 3.63) is 78.3 Å². The molecular weight excluding hydrogens is 248 g/mol. The number of allylic oxidation sites excluding steroid dienone is 1. The second-order valence-corrected chi connectivity index (χ2v) is 4.39. The summed E-state index contributed by atoms with van der Waals surface area (Å²) in [6.07, 6.45) is 8.34. The van der Waals surface area contributed by atoms with Crippen LogP contribution >= 0.6 is 0 Å². The quantitative estimate of drug-likeness (QED) is 0.534. The average Bonchev–Trinajstić information content (AvgIpc) is 2.53. The molecule has 3 nitrogen and oxygen atoms in total. The van der Waals surface area contributed by atoms with Gasteiger partial charge in [0.25, 0.3) is 0 Å². The lowest BCUT2D eigenvalue weighted by molar-refractivity contribution is 0.104. The fourth-order valence-electron chi connectivity index (χ4n) is 1.95. The summed E-state index contributed by atoms with van der Waals surface area (Å²) < 4.78 is 0. The molecule has 0 unspecified atom stereocenters. The van der Waals surface area contributed by atoms with Crippen LogP contribution in [-0.2, 0) is 0 Å². The number of benzene rings is 1. The van der Waals surface area contributed by atoms with E-state index in [4.69, 9.17) is 0 Å². The highest BCUT2D eigenvalue weighted by Gasteiger charge is 2.03. The first-order valence-electron chi connectivity index (χ1n) is 6.30. The second kappa shape index (κ2) is 5.45. The predicted octanol–water partition coefficient (Wildman–Crippen LogP) is 3.53. The molecule has 3 aromatic rings. The predicted molar refractivity (Wildman–Crippen MR) is 79.3 cm³/mol. The van der Waals surface area contributed by atoms with Gasteiger partial charge in [0.2, 0.25) is 0 Å². The lowest BCUT2D eigenvalue weighted by Gasteiger charge is -1.99. The zero-order valence-electron chi connectivity index (χ0n) is 10.7. The molecule has 0 atom stereocenters. The second-order valence-electron chi connectivity index (χ2n) is 4.39. The summed E-state index contributed by atoms with van der Waals surface area (Å²) in [6.45, 7) is 0. The van der Waals surface area contributed by atoms with Gasteiger partial charge in [-0.05, 0) is 35.9 Å². The number of nitrogens with zero attached hydrogens (tertiary/aromatic N) is 2. The van der Waals surface area contributed by atoms with E-state index in [1.165, 1.54) is 0 Å². The Kier molecular flexibility index (Phi) is 3.33. The summed E-state index contributed by atoms with van der Waals surface area (Å²) in [5.41, 5.74) is 2.43. The molecule has 0 aliphatic heterocycles. The fourth-order valence-corrected chi connectivity index (χ4v) is 1.95. The third kappa shape index (κ3) is 2.62. The molecule has 20 heavy (non-hydrogen) atoms. The van der Waals surface area contributed by atoms with Crippen molar-refractivity contribution in [3.8, 4) is 0 Å². The monoisotopic (exact) mass is 260 g/mol. The minimum atomic E-state index is -0.0555. The molecule has 0 spiro atoms. The Morgan fingerprint density at radius 2 is 1.85 bits per heavy atom. The highest BCUT2D eigenvalue weighted by Crippen LogP contribution is 2.13. The van der Waals surface area contributed by atoms with Crippen molar-refractivity contribution in [2.24, 2.45) is 0 Å². The van der Waals surface area contributed by atoms with Crippen LogP contribution in [0.5, 0.6) is 0 Å². The van der Waals surface area contributed by atoms with Crippen molar-refractivity contribution in [2.75, 3.05) is 0 Å². The van der Waals surface area contributed by atoms with Gasteiger partial charge in [-0.3, -0.25) is 14.8 Å². The van der Waals surface area contributed by atoms with E-state index in [2.05, 4.69) is 9.97 Å². The molecule has 0 saturated heterocycles. The van der Waals surface area contributed by atoms with Gasteiger partial charge in [0.1, 0.15) is 0 Å². The third-order valence-corrected chi connectivity index (χ3v) is 3.01. The summed E-state index contributed by atoms with van der Waals surface area (Å²) in [7, 11) is 0. The van der Waals surface area contributed by atoms with E-state index < -0.39 is 0 Å². The first-order chi connectivity index (χ1) is 9.83. The molecule has 96 valence electrons. The largest absolute Gasteiger partial charge is 0.289 e. The molecule has 0 aliphatic rings. The van der Waals surface area contributed by atoms with Crippen molar-refractivity contribution in [3.63, 3.8) is 0 Å². The van der Waals surface area contributed by atoms with Crippen molar-refractivity contribution in [1.29, 1.82) is 0 Å². The number of carbonyl (C=O) groups excluding carboxylic acids is 1. The van der Waals surface area contributed by atoms with Crippen molar-refractivity contribution >= 4 is 22.8 Å². The number of para-hydroxylation sites is 1. The number of aromatic nitrogens is 2. The Morgan fingerprint density at radius 1 is 1.05 bits per heavy atom. The van der Waals surface area contributed by atoms with Crippen molar-refractivity contribution in [1.82, 2.24) is 9.97 Å². The molecule has 0 amide bonds. The van der Waals surface area contributed by atoms with E-state index in [0.29, 0.717) is 5.56 Å². The Hall–Kier alpha value is -2.81. The molecule has 0 radical (unpaired) electrons. The van der Waals surface area contributed by atoms with Crippen LogP contribution in [0, 0.1) is 0 Å². The highest BCUT2D eigenvalue weighted by molar-refractivity contribution is 6.08. The maximum absolute atomic E-state index is 12.1. The van der Waals surface area contributed by atoms with Crippen LogP contribution in [0.4, 0.5) is 0 Å². The van der Waals surface area contributed by atoms with E-state index >= 15 is 0 Å². The summed E-state index contributed by atoms with van der Waals surface area (Å²) in [5, 5.41) is 0.968. The van der Waals surface area contributed by atoms with E-state index in [1.807, 2.05) is 42.5 Å². The van der Waals surface area contributed by atoms with Crippen LogP contribution in [0.1, 0.15) is 15.9 Å². The number of rotatable bonds is 3. The average molecular weight is 260 g/mol. The van der Waals surface area contributed by atoms with E-state index in [0.717, 1.165) is 16.5 Å². The Labute approximate surface area is 116 Å². The van der Waals surface area contributed by atoms with Gasteiger partial charge in [-0.1, -0.05) is 24.3 Å². The van der Waals surface area contributed by atoms with Crippen LogP contribution in [0.25, 0.3) is 17.0 Å². The first-order valence-corrected chi connectivity index (χ1v) is 6.30. The van der Waals surface area contributed by atoms with E-state index in [-0.39, 0.29) is 5.78 Å². The van der Waals surface area contributed by atoms with Gasteiger partial charge < -0.3 is 0 Å². The molecule has 3 heteroatoms. The Bertz CT molecular complexity index is 779. The minimum absolute atomic E-state index is 0.0555. The van der Waals surface area contributed by atoms with Crippen molar-refractivity contribution in [2.45, 2.75) is 0 Å². The van der Waals surface area contributed by atoms with Crippen molar-refractivity contribution < 1.29 is 4.79 Å². The van der Waals surface area contributed by atoms with Gasteiger partial charge in [-0.25, -0.2) is 0 Å². The number of fused-ring (bicyclic) bond motifs is 1. The number of ketones is 1. The smallest absolute Gasteiger partial charge is 0.187 e. The molecule has 0 bridgehead atoms. The summed E-state index contributed by atoms with van der Waals surface area (Å²) >= 11 is 0. The number of hydrogen-bond donors (Lipinski definition) is 0. The molecule has 1 aromatic carbocycles. The molecule has 0 saturated carbocycles. The molecule has 0 fully saturated rings. The topological polar surface area (TPSA) is 42.9 Å². The Morgan fingerprint density at radius 3 is 2.70 bits per heavy atom. The van der Waals surface area contributed by atoms with Crippen LogP contribution in [0.3, 0.4) is 0 Å². The summed E-state index contributed by atoms with van der Waals surface area (Å²) in [4.78, 5) is 20.3. The van der Waals surface area contributed by atoms with Crippen LogP contribution < -0.4 is 0 Å². The lowest BCUT2D eigenvalue weighted by Crippen LogP contribution is -1.95. The van der Waals surface area contributed by atoms with Gasteiger partial charge in [0, 0.05) is 29.5 Å².